The molecule has 2 rings (SSSR count). The molecule has 5 heteroatoms. The summed E-state index contributed by atoms with van der Waals surface area (Å²) in [5.74, 6) is 0.987. The fraction of sp³-hybridized carbons (Fsp3) is 0.417. The Kier molecular flexibility index (Phi) is 3.43. The summed E-state index contributed by atoms with van der Waals surface area (Å²) in [4.78, 5) is 0. The van der Waals surface area contributed by atoms with Crippen LogP contribution in [-0.2, 0) is 0 Å². The van der Waals surface area contributed by atoms with Gasteiger partial charge in [-0.3, -0.25) is 0 Å². The summed E-state index contributed by atoms with van der Waals surface area (Å²) in [5, 5.41) is 22.5. The van der Waals surface area contributed by atoms with E-state index in [-0.39, 0.29) is 5.75 Å². The van der Waals surface area contributed by atoms with Gasteiger partial charge in [0.2, 0.25) is 0 Å². The molecule has 92 valence electrons. The molecule has 17 heavy (non-hydrogen) atoms. The minimum Gasteiger partial charge on any atom is -0.507 e. The maximum atomic E-state index is 9.88. The van der Waals surface area contributed by atoms with Gasteiger partial charge in [-0.25, -0.2) is 0 Å². The van der Waals surface area contributed by atoms with Crippen LogP contribution in [0.25, 0.3) is 0 Å². The third kappa shape index (κ3) is 2.64. The number of oxime groups is 1. The largest absolute Gasteiger partial charge is 0.507 e. The summed E-state index contributed by atoms with van der Waals surface area (Å²) in [6.45, 7) is 0. The number of methoxy groups -OCH3 is 1. The zero-order valence-corrected chi connectivity index (χ0v) is 10.2. The van der Waals surface area contributed by atoms with Gasteiger partial charge < -0.3 is 15.1 Å². The predicted molar refractivity (Wildman–Crippen MR) is 65.3 cm³/mol. The molecule has 0 saturated heterocycles. The Morgan fingerprint density at radius 2 is 2.24 bits per heavy atom. The molecule has 1 aromatic carbocycles. The predicted octanol–water partition coefficient (Wildman–Crippen LogP) is 3.03. The van der Waals surface area contributed by atoms with Crippen LogP contribution in [0.4, 0.5) is 0 Å². The summed E-state index contributed by atoms with van der Waals surface area (Å²) in [7, 11) is 1.50. The van der Waals surface area contributed by atoms with Crippen LogP contribution in [0.15, 0.2) is 17.3 Å². The van der Waals surface area contributed by atoms with Crippen molar-refractivity contribution in [2.75, 3.05) is 7.11 Å². The Hall–Kier alpha value is -1.42. The number of benzene rings is 1. The van der Waals surface area contributed by atoms with Crippen molar-refractivity contribution in [2.45, 2.75) is 19.3 Å². The van der Waals surface area contributed by atoms with Crippen LogP contribution >= 0.6 is 11.6 Å². The highest BCUT2D eigenvalue weighted by Gasteiger charge is 2.26. The molecule has 4 nitrogen and oxygen atoms in total. The van der Waals surface area contributed by atoms with Crippen molar-refractivity contribution in [1.29, 1.82) is 0 Å². The standard InChI is InChI=1S/C12H14ClNO3/c1-17-8-5-9(13)12(11(15)6-8)10(14-16)4-7-2-3-7/h5-7,15-16H,2-4H2,1H3. The highest BCUT2D eigenvalue weighted by atomic mass is 35.5. The van der Waals surface area contributed by atoms with Crippen molar-refractivity contribution in [3.05, 3.63) is 22.7 Å². The average Bonchev–Trinajstić information content (AvgIpc) is 3.10. The van der Waals surface area contributed by atoms with Gasteiger partial charge in [0.15, 0.2) is 0 Å². The summed E-state index contributed by atoms with van der Waals surface area (Å²) in [6, 6.07) is 3.05. The lowest BCUT2D eigenvalue weighted by Crippen LogP contribution is -2.04. The molecular weight excluding hydrogens is 242 g/mol. The average molecular weight is 256 g/mol. The van der Waals surface area contributed by atoms with E-state index in [0.29, 0.717) is 34.4 Å². The SMILES string of the molecule is COc1cc(O)c(C(CC2CC2)=NO)c(Cl)c1. The number of halogens is 1. The minimum absolute atomic E-state index is 0.0252. The summed E-state index contributed by atoms with van der Waals surface area (Å²) >= 11 is 6.06. The molecule has 0 radical (unpaired) electrons. The number of rotatable bonds is 4. The third-order valence-electron chi connectivity index (χ3n) is 2.87. The number of aromatic hydroxyl groups is 1. The van der Waals surface area contributed by atoms with E-state index in [1.807, 2.05) is 0 Å². The lowest BCUT2D eigenvalue weighted by Gasteiger charge is -2.10. The number of hydrogen-bond donors (Lipinski definition) is 2. The van der Waals surface area contributed by atoms with Gasteiger partial charge in [0.1, 0.15) is 11.5 Å². The molecule has 0 amide bonds. The van der Waals surface area contributed by atoms with Crippen molar-refractivity contribution in [2.24, 2.45) is 11.1 Å². The first-order valence-corrected chi connectivity index (χ1v) is 5.81. The molecule has 1 aliphatic rings. The Morgan fingerprint density at radius 1 is 1.53 bits per heavy atom. The van der Waals surface area contributed by atoms with Crippen molar-refractivity contribution in [3.63, 3.8) is 0 Å². The van der Waals surface area contributed by atoms with E-state index in [9.17, 15) is 5.11 Å². The van der Waals surface area contributed by atoms with Gasteiger partial charge in [0, 0.05) is 6.07 Å². The molecule has 1 aromatic rings. The third-order valence-corrected chi connectivity index (χ3v) is 3.16. The molecule has 0 aromatic heterocycles. The second-order valence-electron chi connectivity index (χ2n) is 4.20. The molecule has 1 aliphatic carbocycles. The lowest BCUT2D eigenvalue weighted by atomic mass is 10.0. The lowest BCUT2D eigenvalue weighted by molar-refractivity contribution is 0.317. The van der Waals surface area contributed by atoms with Crippen LogP contribution < -0.4 is 4.74 Å². The quantitative estimate of drug-likeness (QED) is 0.494. The van der Waals surface area contributed by atoms with Crippen LogP contribution in [0.3, 0.4) is 0 Å². The van der Waals surface area contributed by atoms with E-state index in [1.165, 1.54) is 13.2 Å². The number of hydrogen-bond acceptors (Lipinski definition) is 4. The fourth-order valence-corrected chi connectivity index (χ4v) is 2.07. The van der Waals surface area contributed by atoms with Gasteiger partial charge in [-0.05, 0) is 31.2 Å². The van der Waals surface area contributed by atoms with Gasteiger partial charge in [0.25, 0.3) is 0 Å². The van der Waals surface area contributed by atoms with Crippen LogP contribution in [-0.4, -0.2) is 23.1 Å². The van der Waals surface area contributed by atoms with Crippen molar-refractivity contribution in [3.8, 4) is 11.5 Å². The summed E-state index contributed by atoms with van der Waals surface area (Å²) < 4.78 is 4.99. The Bertz CT molecular complexity index is 432. The van der Waals surface area contributed by atoms with Crippen molar-refractivity contribution >= 4 is 17.3 Å². The number of phenolic OH excluding ortho intramolecular Hbond substituents is 1. The first-order chi connectivity index (χ1) is 8.15. The smallest absolute Gasteiger partial charge is 0.129 e. The topological polar surface area (TPSA) is 62.0 Å². The zero-order chi connectivity index (χ0) is 12.4. The van der Waals surface area contributed by atoms with E-state index in [1.54, 1.807) is 6.07 Å². The first-order valence-electron chi connectivity index (χ1n) is 5.43. The van der Waals surface area contributed by atoms with Crippen molar-refractivity contribution < 1.29 is 15.1 Å². The van der Waals surface area contributed by atoms with Crippen LogP contribution in [0.2, 0.25) is 5.02 Å². The molecule has 2 N–H and O–H groups in total. The van der Waals surface area contributed by atoms with E-state index >= 15 is 0 Å². The second-order valence-corrected chi connectivity index (χ2v) is 4.60. The second kappa shape index (κ2) is 4.84. The molecule has 0 aliphatic heterocycles. The van der Waals surface area contributed by atoms with Crippen LogP contribution in [0.5, 0.6) is 11.5 Å². The molecular formula is C12H14ClNO3. The normalized spacial score (nSPS) is 16.0. The Labute approximate surface area is 104 Å². The highest BCUT2D eigenvalue weighted by Crippen LogP contribution is 2.38. The molecule has 0 bridgehead atoms. The maximum absolute atomic E-state index is 9.88. The Balaban J connectivity index is 2.35. The van der Waals surface area contributed by atoms with E-state index in [0.717, 1.165) is 12.8 Å². The molecule has 0 spiro atoms. The minimum atomic E-state index is -0.0252. The number of nitrogens with zero attached hydrogens (tertiary/aromatic N) is 1. The van der Waals surface area contributed by atoms with Crippen molar-refractivity contribution in [1.82, 2.24) is 0 Å². The van der Waals surface area contributed by atoms with Crippen LogP contribution in [0, 0.1) is 5.92 Å². The van der Waals surface area contributed by atoms with E-state index in [2.05, 4.69) is 5.16 Å². The number of phenols is 1. The number of ether oxygens (including phenoxy) is 1. The van der Waals surface area contributed by atoms with Crippen LogP contribution in [0.1, 0.15) is 24.8 Å². The van der Waals surface area contributed by atoms with Gasteiger partial charge >= 0.3 is 0 Å². The fourth-order valence-electron chi connectivity index (χ4n) is 1.76. The summed E-state index contributed by atoms with van der Waals surface area (Å²) in [6.07, 6.45) is 2.90. The highest BCUT2D eigenvalue weighted by molar-refractivity contribution is 6.34. The Morgan fingerprint density at radius 3 is 2.71 bits per heavy atom. The molecule has 0 unspecified atom stereocenters. The van der Waals surface area contributed by atoms with Gasteiger partial charge in [-0.2, -0.15) is 0 Å². The maximum Gasteiger partial charge on any atom is 0.129 e. The van der Waals surface area contributed by atoms with Gasteiger partial charge in [-0.15, -0.1) is 0 Å². The van der Waals surface area contributed by atoms with Gasteiger partial charge in [0.05, 0.1) is 23.4 Å². The molecule has 1 saturated carbocycles. The summed E-state index contributed by atoms with van der Waals surface area (Å²) in [5.41, 5.74) is 0.819. The molecule has 0 atom stereocenters. The first kappa shape index (κ1) is 12.0. The zero-order valence-electron chi connectivity index (χ0n) is 9.48. The van der Waals surface area contributed by atoms with E-state index < -0.39 is 0 Å². The van der Waals surface area contributed by atoms with Gasteiger partial charge in [-0.1, -0.05) is 16.8 Å². The molecule has 1 fully saturated rings. The van der Waals surface area contributed by atoms with E-state index in [4.69, 9.17) is 21.5 Å². The monoisotopic (exact) mass is 255 g/mol. The molecule has 0 heterocycles.